The van der Waals surface area contributed by atoms with E-state index in [2.05, 4.69) is 10.2 Å². The summed E-state index contributed by atoms with van der Waals surface area (Å²) in [5.41, 5.74) is 0.323. The lowest BCUT2D eigenvalue weighted by Crippen LogP contribution is -2.54. The van der Waals surface area contributed by atoms with E-state index in [4.69, 9.17) is 26.1 Å². The highest BCUT2D eigenvalue weighted by molar-refractivity contribution is 7.80. The second-order valence-electron chi connectivity index (χ2n) is 7.22. The second-order valence-corrected chi connectivity index (χ2v) is 7.61. The first kappa shape index (κ1) is 20.9. The lowest BCUT2D eigenvalue weighted by Gasteiger charge is -2.29. The maximum atomic E-state index is 13.3. The summed E-state index contributed by atoms with van der Waals surface area (Å²) in [5.74, 6) is 0.975. The molecule has 0 unspecified atom stereocenters. The van der Waals surface area contributed by atoms with Gasteiger partial charge in [0.25, 0.3) is 11.8 Å². The second kappa shape index (κ2) is 8.81. The van der Waals surface area contributed by atoms with Crippen LogP contribution in [0, 0.1) is 0 Å². The summed E-state index contributed by atoms with van der Waals surface area (Å²) in [6.07, 6.45) is 4.89. The number of thiocarbonyl (C=S) groups is 1. The van der Waals surface area contributed by atoms with Crippen LogP contribution in [0.3, 0.4) is 0 Å². The highest BCUT2D eigenvalue weighted by Crippen LogP contribution is 2.34. The van der Waals surface area contributed by atoms with E-state index in [1.165, 1.54) is 31.6 Å². The van der Waals surface area contributed by atoms with E-state index in [0.29, 0.717) is 22.9 Å². The molecule has 8 nitrogen and oxygen atoms in total. The summed E-state index contributed by atoms with van der Waals surface area (Å²) in [4.78, 5) is 29.2. The van der Waals surface area contributed by atoms with E-state index in [1.807, 2.05) is 6.07 Å². The van der Waals surface area contributed by atoms with Crippen molar-refractivity contribution in [3.63, 3.8) is 0 Å². The Bertz CT molecular complexity index is 1060. The van der Waals surface area contributed by atoms with Crippen LogP contribution < -0.4 is 24.6 Å². The molecule has 3 heterocycles. The molecule has 0 saturated carbocycles. The van der Waals surface area contributed by atoms with Gasteiger partial charge in [-0.15, -0.1) is 0 Å². The monoisotopic (exact) mass is 441 g/mol. The molecule has 1 aromatic carbocycles. The number of piperidine rings is 1. The molecule has 2 amide bonds. The Labute approximate surface area is 185 Å². The molecule has 162 valence electrons. The summed E-state index contributed by atoms with van der Waals surface area (Å²) in [7, 11) is 3.02. The van der Waals surface area contributed by atoms with Gasteiger partial charge < -0.3 is 18.8 Å². The number of hydrogen-bond acceptors (Lipinski definition) is 7. The van der Waals surface area contributed by atoms with Crippen molar-refractivity contribution >= 4 is 46.8 Å². The molecule has 2 aliphatic rings. The van der Waals surface area contributed by atoms with Crippen molar-refractivity contribution in [3.8, 4) is 11.5 Å². The topological polar surface area (TPSA) is 84.2 Å². The van der Waals surface area contributed by atoms with Gasteiger partial charge in [-0.3, -0.25) is 14.9 Å². The van der Waals surface area contributed by atoms with Gasteiger partial charge in [0.15, 0.2) is 11.0 Å². The third-order valence-electron chi connectivity index (χ3n) is 5.30. The highest BCUT2D eigenvalue weighted by atomic mass is 32.1. The first-order chi connectivity index (χ1) is 15.0. The van der Waals surface area contributed by atoms with Crippen molar-refractivity contribution in [3.05, 3.63) is 41.7 Å². The summed E-state index contributed by atoms with van der Waals surface area (Å²) in [5, 5.41) is 2.55. The maximum Gasteiger partial charge on any atom is 0.270 e. The van der Waals surface area contributed by atoms with E-state index in [-0.39, 0.29) is 10.7 Å². The van der Waals surface area contributed by atoms with E-state index in [9.17, 15) is 9.59 Å². The summed E-state index contributed by atoms with van der Waals surface area (Å²) < 4.78 is 16.5. The molecular formula is C22H23N3O5S. The molecule has 4 rings (SSSR count). The zero-order valence-corrected chi connectivity index (χ0v) is 18.2. The Kier molecular flexibility index (Phi) is 5.94. The van der Waals surface area contributed by atoms with Crippen LogP contribution in [0.4, 0.5) is 11.6 Å². The number of furan rings is 1. The van der Waals surface area contributed by atoms with Gasteiger partial charge in [0.1, 0.15) is 22.8 Å². The van der Waals surface area contributed by atoms with Crippen molar-refractivity contribution in [1.29, 1.82) is 0 Å². The lowest BCUT2D eigenvalue weighted by atomic mass is 10.1. The number of nitrogens with zero attached hydrogens (tertiary/aromatic N) is 2. The Morgan fingerprint density at radius 3 is 2.55 bits per heavy atom. The minimum absolute atomic E-state index is 0.0240. The average molecular weight is 442 g/mol. The number of carbonyl (C=O) groups excluding carboxylic acids is 2. The van der Waals surface area contributed by atoms with Crippen LogP contribution >= 0.6 is 12.2 Å². The molecule has 2 aromatic rings. The van der Waals surface area contributed by atoms with Crippen LogP contribution in [0.2, 0.25) is 0 Å². The van der Waals surface area contributed by atoms with Gasteiger partial charge in [-0.1, -0.05) is 0 Å². The number of nitrogens with one attached hydrogen (secondary N) is 1. The van der Waals surface area contributed by atoms with Crippen molar-refractivity contribution in [2.75, 3.05) is 37.1 Å². The third kappa shape index (κ3) is 4.13. The predicted molar refractivity (Wildman–Crippen MR) is 121 cm³/mol. The largest absolute Gasteiger partial charge is 0.497 e. The van der Waals surface area contributed by atoms with Crippen LogP contribution in [0.15, 0.2) is 40.3 Å². The van der Waals surface area contributed by atoms with Crippen molar-refractivity contribution in [2.24, 2.45) is 0 Å². The van der Waals surface area contributed by atoms with E-state index >= 15 is 0 Å². The fourth-order valence-electron chi connectivity index (χ4n) is 3.69. The van der Waals surface area contributed by atoms with Crippen LogP contribution in [0.1, 0.15) is 25.0 Å². The number of methoxy groups -OCH3 is 2. The molecule has 2 saturated heterocycles. The number of rotatable bonds is 5. The normalized spacial score (nSPS) is 18.4. The van der Waals surface area contributed by atoms with Crippen molar-refractivity contribution in [1.82, 2.24) is 5.32 Å². The van der Waals surface area contributed by atoms with Gasteiger partial charge in [-0.05, 0) is 55.8 Å². The quantitative estimate of drug-likeness (QED) is 0.434. The fraction of sp³-hybridized carbons (Fsp3) is 0.318. The molecule has 0 radical (unpaired) electrons. The first-order valence-corrected chi connectivity index (χ1v) is 10.4. The molecule has 0 aliphatic carbocycles. The Balaban J connectivity index is 1.65. The van der Waals surface area contributed by atoms with Crippen LogP contribution in [-0.4, -0.2) is 44.2 Å². The molecule has 31 heavy (non-hydrogen) atoms. The van der Waals surface area contributed by atoms with Gasteiger partial charge in [0, 0.05) is 25.2 Å². The molecule has 2 aliphatic heterocycles. The van der Waals surface area contributed by atoms with Crippen LogP contribution in [0.25, 0.3) is 6.08 Å². The molecule has 1 aromatic heterocycles. The summed E-state index contributed by atoms with van der Waals surface area (Å²) in [6.45, 7) is 1.87. The fourth-order valence-corrected chi connectivity index (χ4v) is 3.97. The molecule has 0 spiro atoms. The number of anilines is 2. The molecular weight excluding hydrogens is 418 g/mol. The highest BCUT2D eigenvalue weighted by Gasteiger charge is 2.36. The SMILES string of the molecule is COc1ccc(N2C(=O)/C(=C/c3ccc(N4CCCCC4)o3)C(=O)NC2=S)c(OC)c1. The van der Waals surface area contributed by atoms with Gasteiger partial charge in [-0.2, -0.15) is 0 Å². The zero-order chi connectivity index (χ0) is 22.0. The summed E-state index contributed by atoms with van der Waals surface area (Å²) >= 11 is 5.27. The smallest absolute Gasteiger partial charge is 0.270 e. The predicted octanol–water partition coefficient (Wildman–Crippen LogP) is 3.12. The van der Waals surface area contributed by atoms with E-state index in [0.717, 1.165) is 31.8 Å². The number of hydrogen-bond donors (Lipinski definition) is 1. The third-order valence-corrected chi connectivity index (χ3v) is 5.58. The maximum absolute atomic E-state index is 13.3. The number of benzene rings is 1. The van der Waals surface area contributed by atoms with Crippen LogP contribution in [-0.2, 0) is 9.59 Å². The minimum atomic E-state index is -0.574. The lowest BCUT2D eigenvalue weighted by molar-refractivity contribution is -0.122. The Morgan fingerprint density at radius 1 is 1.06 bits per heavy atom. The molecule has 0 bridgehead atoms. The molecule has 2 fully saturated rings. The van der Waals surface area contributed by atoms with Crippen molar-refractivity contribution < 1.29 is 23.5 Å². The van der Waals surface area contributed by atoms with Gasteiger partial charge in [-0.25, -0.2) is 4.90 Å². The zero-order valence-electron chi connectivity index (χ0n) is 17.3. The standard InChI is InChI=1S/C22H23N3O5S/c1-28-14-6-8-17(18(13-14)29-2)25-21(27)16(20(26)23-22(25)31)12-15-7-9-19(30-15)24-10-4-3-5-11-24/h6-9,12-13H,3-5,10-11H2,1-2H3,(H,23,26,31)/b16-12+. The van der Waals surface area contributed by atoms with E-state index < -0.39 is 11.8 Å². The first-order valence-electron chi connectivity index (χ1n) is 10.00. The van der Waals surface area contributed by atoms with Gasteiger partial charge in [0.2, 0.25) is 0 Å². The summed E-state index contributed by atoms with van der Waals surface area (Å²) in [6, 6.07) is 8.59. The molecule has 9 heteroatoms. The van der Waals surface area contributed by atoms with Crippen LogP contribution in [0.5, 0.6) is 11.5 Å². The minimum Gasteiger partial charge on any atom is -0.497 e. The number of ether oxygens (including phenoxy) is 2. The number of carbonyl (C=O) groups is 2. The molecule has 0 atom stereocenters. The van der Waals surface area contributed by atoms with E-state index in [1.54, 1.807) is 24.3 Å². The average Bonchev–Trinajstić information content (AvgIpc) is 3.26. The number of amides is 2. The van der Waals surface area contributed by atoms with Gasteiger partial charge in [0.05, 0.1) is 19.9 Å². The Morgan fingerprint density at radius 2 is 1.84 bits per heavy atom. The van der Waals surface area contributed by atoms with Gasteiger partial charge >= 0.3 is 0 Å². The van der Waals surface area contributed by atoms with Crippen molar-refractivity contribution in [2.45, 2.75) is 19.3 Å². The Hall–Kier alpha value is -3.33. The molecule has 1 N–H and O–H groups in total.